The number of amides is 2. The molecule has 0 aliphatic carbocycles. The number of carbonyl (C=O) groups is 3. The molecule has 0 aromatic heterocycles. The first kappa shape index (κ1) is 19.8. The molecule has 0 saturated heterocycles. The lowest BCUT2D eigenvalue weighted by Gasteiger charge is -2.08. The van der Waals surface area contributed by atoms with Crippen LogP contribution < -0.4 is 10.6 Å². The van der Waals surface area contributed by atoms with E-state index in [0.29, 0.717) is 34.7 Å². The molecule has 3 aromatic carbocycles. The van der Waals surface area contributed by atoms with Crippen LogP contribution in [-0.2, 0) is 4.74 Å². The standard InChI is InChI=1S/C23H20N2O4/c1-2-29-23(28)18-12-14-20(15-13-18)25-22(27)17-10-8-16(9-11-17)21(26)24-19-6-4-3-5-7-19/h3-15H,2H2,1H3,(H,24,26)(H,25,27). The highest BCUT2D eigenvalue weighted by atomic mass is 16.5. The minimum atomic E-state index is -0.408. The Labute approximate surface area is 168 Å². The van der Waals surface area contributed by atoms with Crippen molar-refractivity contribution in [3.8, 4) is 0 Å². The highest BCUT2D eigenvalue weighted by molar-refractivity contribution is 6.07. The van der Waals surface area contributed by atoms with Gasteiger partial charge in [-0.2, -0.15) is 0 Å². The van der Waals surface area contributed by atoms with Gasteiger partial charge in [-0.05, 0) is 67.6 Å². The molecule has 2 amide bonds. The summed E-state index contributed by atoms with van der Waals surface area (Å²) >= 11 is 0. The van der Waals surface area contributed by atoms with Crippen molar-refractivity contribution in [1.82, 2.24) is 0 Å². The van der Waals surface area contributed by atoms with Crippen molar-refractivity contribution in [3.63, 3.8) is 0 Å². The Bertz CT molecular complexity index is 997. The molecule has 6 heteroatoms. The molecular formula is C23H20N2O4. The van der Waals surface area contributed by atoms with E-state index in [1.807, 2.05) is 18.2 Å². The van der Waals surface area contributed by atoms with E-state index in [4.69, 9.17) is 4.74 Å². The van der Waals surface area contributed by atoms with Gasteiger partial charge in [0.25, 0.3) is 11.8 Å². The van der Waals surface area contributed by atoms with Crippen molar-refractivity contribution in [2.24, 2.45) is 0 Å². The Kier molecular flexibility index (Phi) is 6.37. The minimum Gasteiger partial charge on any atom is -0.462 e. The lowest BCUT2D eigenvalue weighted by atomic mass is 10.1. The van der Waals surface area contributed by atoms with E-state index in [2.05, 4.69) is 10.6 Å². The molecule has 0 saturated carbocycles. The summed E-state index contributed by atoms with van der Waals surface area (Å²) in [7, 11) is 0. The molecule has 146 valence electrons. The van der Waals surface area contributed by atoms with Gasteiger partial charge in [-0.25, -0.2) is 4.79 Å². The van der Waals surface area contributed by atoms with Gasteiger partial charge in [0.05, 0.1) is 12.2 Å². The van der Waals surface area contributed by atoms with Crippen LogP contribution in [0.25, 0.3) is 0 Å². The Hall–Kier alpha value is -3.93. The maximum Gasteiger partial charge on any atom is 0.338 e. The zero-order valence-electron chi connectivity index (χ0n) is 15.8. The van der Waals surface area contributed by atoms with Crippen LogP contribution in [0.2, 0.25) is 0 Å². The predicted octanol–water partition coefficient (Wildman–Crippen LogP) is 4.37. The number of hydrogen-bond acceptors (Lipinski definition) is 4. The van der Waals surface area contributed by atoms with Gasteiger partial charge in [-0.3, -0.25) is 9.59 Å². The molecule has 0 aliphatic rings. The fourth-order valence-electron chi connectivity index (χ4n) is 2.61. The number of para-hydroxylation sites is 1. The van der Waals surface area contributed by atoms with Crippen LogP contribution in [-0.4, -0.2) is 24.4 Å². The first-order valence-electron chi connectivity index (χ1n) is 9.12. The van der Waals surface area contributed by atoms with Crippen LogP contribution in [0.1, 0.15) is 38.0 Å². The summed E-state index contributed by atoms with van der Waals surface area (Å²) in [6.45, 7) is 2.04. The third-order valence-corrected chi connectivity index (χ3v) is 4.09. The number of esters is 1. The number of nitrogens with one attached hydrogen (secondary N) is 2. The summed E-state index contributed by atoms with van der Waals surface area (Å²) in [5, 5.41) is 5.55. The molecule has 0 atom stereocenters. The smallest absolute Gasteiger partial charge is 0.338 e. The fraction of sp³-hybridized carbons (Fsp3) is 0.0870. The summed E-state index contributed by atoms with van der Waals surface area (Å²) in [5.41, 5.74) is 2.53. The first-order chi connectivity index (χ1) is 14.1. The molecule has 0 radical (unpaired) electrons. The van der Waals surface area contributed by atoms with Crippen LogP contribution in [0.5, 0.6) is 0 Å². The maximum atomic E-state index is 12.4. The van der Waals surface area contributed by atoms with E-state index in [0.717, 1.165) is 0 Å². The molecule has 0 unspecified atom stereocenters. The summed E-state index contributed by atoms with van der Waals surface area (Å²) in [6, 6.07) is 21.9. The molecule has 6 nitrogen and oxygen atoms in total. The van der Waals surface area contributed by atoms with Crippen LogP contribution >= 0.6 is 0 Å². The quantitative estimate of drug-likeness (QED) is 0.614. The van der Waals surface area contributed by atoms with Crippen LogP contribution in [0.3, 0.4) is 0 Å². The first-order valence-corrected chi connectivity index (χ1v) is 9.12. The molecule has 0 aliphatic heterocycles. The Morgan fingerprint density at radius 2 is 1.10 bits per heavy atom. The predicted molar refractivity (Wildman–Crippen MR) is 111 cm³/mol. The minimum absolute atomic E-state index is 0.252. The van der Waals surface area contributed by atoms with E-state index < -0.39 is 5.97 Å². The third kappa shape index (κ3) is 5.29. The van der Waals surface area contributed by atoms with Crippen LogP contribution in [0.15, 0.2) is 78.9 Å². The second-order valence-electron chi connectivity index (χ2n) is 6.15. The second kappa shape index (κ2) is 9.32. The van der Waals surface area contributed by atoms with Gasteiger partial charge in [0.15, 0.2) is 0 Å². The maximum absolute atomic E-state index is 12.4. The lowest BCUT2D eigenvalue weighted by molar-refractivity contribution is 0.0526. The number of ether oxygens (including phenoxy) is 1. The number of carbonyl (C=O) groups excluding carboxylic acids is 3. The van der Waals surface area contributed by atoms with Gasteiger partial charge < -0.3 is 15.4 Å². The van der Waals surface area contributed by atoms with Crippen molar-refractivity contribution in [1.29, 1.82) is 0 Å². The average molecular weight is 388 g/mol. The second-order valence-corrected chi connectivity index (χ2v) is 6.15. The Morgan fingerprint density at radius 1 is 0.655 bits per heavy atom. The van der Waals surface area contributed by atoms with Crippen LogP contribution in [0.4, 0.5) is 11.4 Å². The van der Waals surface area contributed by atoms with E-state index in [9.17, 15) is 14.4 Å². The van der Waals surface area contributed by atoms with Crippen molar-refractivity contribution in [3.05, 3.63) is 95.6 Å². The normalized spacial score (nSPS) is 10.1. The van der Waals surface area contributed by atoms with Gasteiger partial charge in [0.2, 0.25) is 0 Å². The number of anilines is 2. The zero-order chi connectivity index (χ0) is 20.6. The molecular weight excluding hydrogens is 368 g/mol. The molecule has 0 heterocycles. The molecule has 0 bridgehead atoms. The van der Waals surface area contributed by atoms with Gasteiger partial charge in [-0.15, -0.1) is 0 Å². The van der Waals surface area contributed by atoms with Crippen molar-refractivity contribution in [2.45, 2.75) is 6.92 Å². The Morgan fingerprint density at radius 3 is 1.59 bits per heavy atom. The Balaban J connectivity index is 1.61. The van der Waals surface area contributed by atoms with Crippen LogP contribution in [0, 0.1) is 0 Å². The SMILES string of the molecule is CCOC(=O)c1ccc(NC(=O)c2ccc(C(=O)Nc3ccccc3)cc2)cc1. The van der Waals surface area contributed by atoms with E-state index in [1.54, 1.807) is 67.6 Å². The van der Waals surface area contributed by atoms with Crippen molar-refractivity contribution < 1.29 is 19.1 Å². The van der Waals surface area contributed by atoms with E-state index in [-0.39, 0.29) is 11.8 Å². The molecule has 0 fully saturated rings. The molecule has 3 aromatic rings. The summed E-state index contributed by atoms with van der Waals surface area (Å²) in [4.78, 5) is 36.3. The van der Waals surface area contributed by atoms with Gasteiger partial charge in [0, 0.05) is 22.5 Å². The molecule has 2 N–H and O–H groups in total. The van der Waals surface area contributed by atoms with Crippen molar-refractivity contribution in [2.75, 3.05) is 17.2 Å². The van der Waals surface area contributed by atoms with Gasteiger partial charge in [0.1, 0.15) is 0 Å². The fourth-order valence-corrected chi connectivity index (χ4v) is 2.61. The number of benzene rings is 3. The third-order valence-electron chi connectivity index (χ3n) is 4.09. The molecule has 29 heavy (non-hydrogen) atoms. The highest BCUT2D eigenvalue weighted by Crippen LogP contribution is 2.14. The number of rotatable bonds is 6. The number of hydrogen-bond donors (Lipinski definition) is 2. The topological polar surface area (TPSA) is 84.5 Å². The van der Waals surface area contributed by atoms with Gasteiger partial charge >= 0.3 is 5.97 Å². The van der Waals surface area contributed by atoms with E-state index in [1.165, 1.54) is 0 Å². The summed E-state index contributed by atoms with van der Waals surface area (Å²) in [6.07, 6.45) is 0. The largest absolute Gasteiger partial charge is 0.462 e. The molecule has 0 spiro atoms. The van der Waals surface area contributed by atoms with E-state index >= 15 is 0 Å². The lowest BCUT2D eigenvalue weighted by Crippen LogP contribution is -2.14. The zero-order valence-corrected chi connectivity index (χ0v) is 15.8. The summed E-state index contributed by atoms with van der Waals surface area (Å²) in [5.74, 6) is -0.976. The van der Waals surface area contributed by atoms with Crippen molar-refractivity contribution >= 4 is 29.2 Å². The molecule has 3 rings (SSSR count). The monoisotopic (exact) mass is 388 g/mol. The highest BCUT2D eigenvalue weighted by Gasteiger charge is 2.11. The summed E-state index contributed by atoms with van der Waals surface area (Å²) < 4.78 is 4.93. The van der Waals surface area contributed by atoms with Gasteiger partial charge in [-0.1, -0.05) is 18.2 Å². The average Bonchev–Trinajstić information content (AvgIpc) is 2.75.